The number of esters is 2. The first-order chi connectivity index (χ1) is 15.6. The lowest BCUT2D eigenvalue weighted by Crippen LogP contribution is -2.26. The predicted molar refractivity (Wildman–Crippen MR) is 138 cm³/mol. The van der Waals surface area contributed by atoms with Crippen molar-refractivity contribution in [3.63, 3.8) is 0 Å². The highest BCUT2D eigenvalue weighted by Crippen LogP contribution is 2.13. The van der Waals surface area contributed by atoms with Gasteiger partial charge in [0.05, 0.1) is 0 Å². The molecule has 0 saturated heterocycles. The van der Waals surface area contributed by atoms with Crippen LogP contribution in [0.1, 0.15) is 142 Å². The average molecular weight is 473 g/mol. The molecule has 0 rings (SSSR count). The standard InChI is InChI=1S/C27H52O4S/c1-3-5-7-9-11-13-15-17-19-21-26(28)30-23-25(24-32)31-27(29)22-20-18-16-14-12-10-8-6-4-2/h25,32H,3-24H2,1-2H3/t25-/m1/s1. The van der Waals surface area contributed by atoms with Gasteiger partial charge in [-0.05, 0) is 12.8 Å². The minimum Gasteiger partial charge on any atom is -0.462 e. The largest absolute Gasteiger partial charge is 0.462 e. The Kier molecular flexibility index (Phi) is 24.4. The van der Waals surface area contributed by atoms with Gasteiger partial charge in [0.25, 0.3) is 0 Å². The Bertz CT molecular complexity index is 428. The van der Waals surface area contributed by atoms with Crippen molar-refractivity contribution in [2.75, 3.05) is 12.4 Å². The monoisotopic (exact) mass is 472 g/mol. The van der Waals surface area contributed by atoms with E-state index in [9.17, 15) is 9.59 Å². The van der Waals surface area contributed by atoms with Gasteiger partial charge in [-0.15, -0.1) is 0 Å². The summed E-state index contributed by atoms with van der Waals surface area (Å²) in [5, 5.41) is 0. The molecule has 190 valence electrons. The van der Waals surface area contributed by atoms with Crippen LogP contribution in [-0.2, 0) is 19.1 Å². The van der Waals surface area contributed by atoms with E-state index in [-0.39, 0.29) is 18.5 Å². The molecule has 0 fully saturated rings. The van der Waals surface area contributed by atoms with E-state index in [2.05, 4.69) is 26.5 Å². The molecule has 0 spiro atoms. The average Bonchev–Trinajstić information content (AvgIpc) is 2.79. The summed E-state index contributed by atoms with van der Waals surface area (Å²) < 4.78 is 10.7. The van der Waals surface area contributed by atoms with Crippen LogP contribution in [0.4, 0.5) is 0 Å². The molecule has 0 N–H and O–H groups in total. The molecule has 5 heteroatoms. The highest BCUT2D eigenvalue weighted by atomic mass is 32.1. The molecular weight excluding hydrogens is 420 g/mol. The molecule has 0 aromatic rings. The molecule has 32 heavy (non-hydrogen) atoms. The topological polar surface area (TPSA) is 52.6 Å². The summed E-state index contributed by atoms with van der Waals surface area (Å²) in [4.78, 5) is 23.9. The highest BCUT2D eigenvalue weighted by molar-refractivity contribution is 7.80. The van der Waals surface area contributed by atoms with Gasteiger partial charge in [-0.25, -0.2) is 0 Å². The maximum atomic E-state index is 12.0. The lowest BCUT2D eigenvalue weighted by Gasteiger charge is -2.16. The van der Waals surface area contributed by atoms with Crippen LogP contribution in [0.15, 0.2) is 0 Å². The second-order valence-electron chi connectivity index (χ2n) is 9.13. The summed E-state index contributed by atoms with van der Waals surface area (Å²) in [5.41, 5.74) is 0. The number of thiol groups is 1. The zero-order chi connectivity index (χ0) is 23.7. The van der Waals surface area contributed by atoms with Crippen molar-refractivity contribution >= 4 is 24.6 Å². The Morgan fingerprint density at radius 3 is 1.38 bits per heavy atom. The molecule has 0 aliphatic rings. The van der Waals surface area contributed by atoms with Crippen LogP contribution in [0.25, 0.3) is 0 Å². The van der Waals surface area contributed by atoms with Crippen molar-refractivity contribution in [2.45, 2.75) is 148 Å². The van der Waals surface area contributed by atoms with Crippen LogP contribution in [0, 0.1) is 0 Å². The first-order valence-electron chi connectivity index (χ1n) is 13.6. The normalized spacial score (nSPS) is 12.0. The third kappa shape index (κ3) is 22.5. The zero-order valence-electron chi connectivity index (χ0n) is 21.2. The van der Waals surface area contributed by atoms with Crippen molar-refractivity contribution < 1.29 is 19.1 Å². The van der Waals surface area contributed by atoms with E-state index in [0.29, 0.717) is 18.6 Å². The van der Waals surface area contributed by atoms with Crippen LogP contribution in [-0.4, -0.2) is 30.4 Å². The number of carbonyl (C=O) groups is 2. The molecule has 0 amide bonds. The fourth-order valence-electron chi connectivity index (χ4n) is 3.79. The molecule has 0 radical (unpaired) electrons. The molecule has 0 bridgehead atoms. The first kappa shape index (κ1) is 31.3. The third-order valence-electron chi connectivity index (χ3n) is 5.90. The maximum Gasteiger partial charge on any atom is 0.306 e. The minimum atomic E-state index is -0.448. The Balaban J connectivity index is 3.61. The molecule has 0 unspecified atom stereocenters. The molecule has 0 heterocycles. The minimum absolute atomic E-state index is 0.114. The zero-order valence-corrected chi connectivity index (χ0v) is 22.1. The maximum absolute atomic E-state index is 12.0. The van der Waals surface area contributed by atoms with E-state index in [1.165, 1.54) is 89.9 Å². The van der Waals surface area contributed by atoms with Crippen molar-refractivity contribution in [3.8, 4) is 0 Å². The molecule has 0 aromatic carbocycles. The van der Waals surface area contributed by atoms with Crippen molar-refractivity contribution in [1.29, 1.82) is 0 Å². The number of ether oxygens (including phenoxy) is 2. The summed E-state index contributed by atoms with van der Waals surface area (Å²) in [6.45, 7) is 4.59. The van der Waals surface area contributed by atoms with Gasteiger partial charge in [-0.2, -0.15) is 12.6 Å². The van der Waals surface area contributed by atoms with Gasteiger partial charge >= 0.3 is 11.9 Å². The quantitative estimate of drug-likeness (QED) is 0.0873. The van der Waals surface area contributed by atoms with E-state index in [0.717, 1.165) is 25.7 Å². The van der Waals surface area contributed by atoms with Gasteiger partial charge in [0, 0.05) is 18.6 Å². The molecule has 0 aliphatic carbocycles. The van der Waals surface area contributed by atoms with E-state index in [4.69, 9.17) is 9.47 Å². The predicted octanol–water partition coefficient (Wildman–Crippen LogP) is 8.21. The number of carbonyl (C=O) groups excluding carboxylic acids is 2. The SMILES string of the molecule is CCCCCCCCCCCC(=O)OC[C@H](CS)OC(=O)CCCCCCCCCCC. The fraction of sp³-hybridized carbons (Fsp3) is 0.926. The van der Waals surface area contributed by atoms with Gasteiger partial charge in [-0.3, -0.25) is 9.59 Å². The van der Waals surface area contributed by atoms with Crippen molar-refractivity contribution in [1.82, 2.24) is 0 Å². The Labute approximate surface area is 204 Å². The van der Waals surface area contributed by atoms with Gasteiger partial charge in [0.1, 0.15) is 12.7 Å². The summed E-state index contributed by atoms with van der Waals surface area (Å²) in [7, 11) is 0. The van der Waals surface area contributed by atoms with Gasteiger partial charge in [0.15, 0.2) is 0 Å². The van der Waals surface area contributed by atoms with Crippen molar-refractivity contribution in [2.24, 2.45) is 0 Å². The van der Waals surface area contributed by atoms with Crippen LogP contribution in [0.2, 0.25) is 0 Å². The number of hydrogen-bond acceptors (Lipinski definition) is 5. The Hall–Kier alpha value is -0.710. The Morgan fingerprint density at radius 1 is 0.594 bits per heavy atom. The molecule has 1 atom stereocenters. The fourth-order valence-corrected chi connectivity index (χ4v) is 3.97. The van der Waals surface area contributed by atoms with Crippen LogP contribution in [0.3, 0.4) is 0 Å². The molecule has 0 aliphatic heterocycles. The lowest BCUT2D eigenvalue weighted by atomic mass is 10.1. The van der Waals surface area contributed by atoms with Gasteiger partial charge in [-0.1, -0.05) is 117 Å². The second kappa shape index (κ2) is 24.9. The molecule has 0 aromatic heterocycles. The molecule has 0 saturated carbocycles. The number of rotatable bonds is 24. The Morgan fingerprint density at radius 2 is 0.969 bits per heavy atom. The van der Waals surface area contributed by atoms with Crippen LogP contribution >= 0.6 is 12.6 Å². The second-order valence-corrected chi connectivity index (χ2v) is 9.50. The molecular formula is C27H52O4S. The number of unbranched alkanes of at least 4 members (excludes halogenated alkanes) is 16. The van der Waals surface area contributed by atoms with Gasteiger partial charge in [0.2, 0.25) is 0 Å². The van der Waals surface area contributed by atoms with Gasteiger partial charge < -0.3 is 9.47 Å². The highest BCUT2D eigenvalue weighted by Gasteiger charge is 2.15. The summed E-state index contributed by atoms with van der Waals surface area (Å²) >= 11 is 4.24. The van der Waals surface area contributed by atoms with E-state index < -0.39 is 6.10 Å². The smallest absolute Gasteiger partial charge is 0.306 e. The van der Waals surface area contributed by atoms with Crippen LogP contribution < -0.4 is 0 Å². The van der Waals surface area contributed by atoms with Crippen LogP contribution in [0.5, 0.6) is 0 Å². The van der Waals surface area contributed by atoms with E-state index in [1.54, 1.807) is 0 Å². The number of hydrogen-bond donors (Lipinski definition) is 1. The van der Waals surface area contributed by atoms with Crippen molar-refractivity contribution in [3.05, 3.63) is 0 Å². The third-order valence-corrected chi connectivity index (χ3v) is 6.31. The summed E-state index contributed by atoms with van der Waals surface area (Å²) in [6, 6.07) is 0. The molecule has 4 nitrogen and oxygen atoms in total. The summed E-state index contributed by atoms with van der Waals surface area (Å²) in [5.74, 6) is -0.0360. The van der Waals surface area contributed by atoms with E-state index in [1.807, 2.05) is 0 Å². The summed E-state index contributed by atoms with van der Waals surface area (Å²) in [6.07, 6.45) is 22.4. The lowest BCUT2D eigenvalue weighted by molar-refractivity contribution is -0.157. The first-order valence-corrected chi connectivity index (χ1v) is 14.2. The van der Waals surface area contributed by atoms with E-state index >= 15 is 0 Å².